The van der Waals surface area contributed by atoms with E-state index in [0.717, 1.165) is 16.3 Å². The molecule has 1 aliphatic rings. The van der Waals surface area contributed by atoms with Crippen LogP contribution in [0.25, 0.3) is 0 Å². The van der Waals surface area contributed by atoms with Crippen molar-refractivity contribution < 1.29 is 14.3 Å². The zero-order valence-corrected chi connectivity index (χ0v) is 14.5. The second kappa shape index (κ2) is 6.93. The molecule has 0 aliphatic carbocycles. The normalized spacial score (nSPS) is 14.5. The average Bonchev–Trinajstić information content (AvgIpc) is 3.34. The van der Waals surface area contributed by atoms with E-state index >= 15 is 0 Å². The van der Waals surface area contributed by atoms with Gasteiger partial charge in [-0.05, 0) is 12.1 Å². The lowest BCUT2D eigenvalue weighted by atomic mass is 9.98. The first-order valence-corrected chi connectivity index (χ1v) is 8.82. The fourth-order valence-electron chi connectivity index (χ4n) is 3.01. The Bertz CT molecular complexity index is 904. The predicted octanol–water partition coefficient (Wildman–Crippen LogP) is 1.92. The van der Waals surface area contributed by atoms with Gasteiger partial charge in [0.05, 0.1) is 24.8 Å². The van der Waals surface area contributed by atoms with Crippen molar-refractivity contribution in [2.45, 2.75) is 24.0 Å². The van der Waals surface area contributed by atoms with Crippen molar-refractivity contribution in [3.05, 3.63) is 65.4 Å². The van der Waals surface area contributed by atoms with E-state index in [1.165, 1.54) is 24.1 Å². The highest BCUT2D eigenvalue weighted by atomic mass is 32.2. The summed E-state index contributed by atoms with van der Waals surface area (Å²) in [6.45, 7) is 0.294. The lowest BCUT2D eigenvalue weighted by Gasteiger charge is -2.22. The molecule has 9 heteroatoms. The summed E-state index contributed by atoms with van der Waals surface area (Å²) in [5.41, 5.74) is 1.95. The van der Waals surface area contributed by atoms with Gasteiger partial charge in [-0.25, -0.2) is 8.48 Å². The first-order valence-electron chi connectivity index (χ1n) is 8.05. The van der Waals surface area contributed by atoms with E-state index in [0.29, 0.717) is 13.1 Å². The molecule has 0 saturated carbocycles. The van der Waals surface area contributed by atoms with Crippen molar-refractivity contribution in [2.75, 3.05) is 6.61 Å². The number of carbonyl (C=O) groups is 1. The maximum absolute atomic E-state index is 14.0. The summed E-state index contributed by atoms with van der Waals surface area (Å²) in [7, 11) is 0. The molecule has 0 radical (unpaired) electrons. The van der Waals surface area contributed by atoms with Crippen LogP contribution in [0.1, 0.15) is 22.7 Å². The van der Waals surface area contributed by atoms with Crippen LogP contribution in [0, 0.1) is 5.82 Å². The van der Waals surface area contributed by atoms with Crippen molar-refractivity contribution in [1.29, 1.82) is 0 Å². The molecule has 1 amide bonds. The Hall–Kier alpha value is -2.65. The number of rotatable bonds is 5. The number of benzene rings is 1. The third-order valence-electron chi connectivity index (χ3n) is 4.30. The van der Waals surface area contributed by atoms with E-state index in [4.69, 9.17) is 0 Å². The number of fused-ring (bicyclic) bond motifs is 1. The fourth-order valence-corrected chi connectivity index (χ4v) is 3.75. The van der Waals surface area contributed by atoms with Crippen molar-refractivity contribution in [3.8, 4) is 0 Å². The van der Waals surface area contributed by atoms with Crippen LogP contribution in [-0.4, -0.2) is 41.9 Å². The minimum absolute atomic E-state index is 0.212. The fraction of sp³-hybridized carbons (Fsp3) is 0.235. The first kappa shape index (κ1) is 16.8. The standard InChI is InChI=1S/C17H16FN5O2S/c18-14-4-2-1-3-12(14)13(10-24)17(25)22-7-11-8-23(21-15(11)9-22)26-16-5-6-19-20-16/h1-6,8,13,24H,7,9-10H2,(H,19,20). The first-order chi connectivity index (χ1) is 12.7. The maximum Gasteiger partial charge on any atom is 0.233 e. The van der Waals surface area contributed by atoms with Gasteiger partial charge in [0.2, 0.25) is 5.91 Å². The second-order valence-corrected chi connectivity index (χ2v) is 6.96. The topological polar surface area (TPSA) is 87.0 Å². The molecule has 134 valence electrons. The largest absolute Gasteiger partial charge is 0.395 e. The molecule has 0 saturated heterocycles. The monoisotopic (exact) mass is 373 g/mol. The minimum atomic E-state index is -0.910. The van der Waals surface area contributed by atoms with Crippen LogP contribution in [0.5, 0.6) is 0 Å². The number of carbonyl (C=O) groups excluding carboxylic acids is 1. The number of aromatic amines is 1. The lowest BCUT2D eigenvalue weighted by molar-refractivity contribution is -0.134. The molecule has 4 rings (SSSR count). The Balaban J connectivity index is 1.48. The molecule has 1 aliphatic heterocycles. The highest BCUT2D eigenvalue weighted by Crippen LogP contribution is 2.29. The van der Waals surface area contributed by atoms with Crippen LogP contribution in [0.2, 0.25) is 0 Å². The van der Waals surface area contributed by atoms with Gasteiger partial charge in [0.25, 0.3) is 0 Å². The highest BCUT2D eigenvalue weighted by molar-refractivity contribution is 7.97. The van der Waals surface area contributed by atoms with Crippen LogP contribution >= 0.6 is 11.9 Å². The number of halogens is 1. The minimum Gasteiger partial charge on any atom is -0.395 e. The summed E-state index contributed by atoms with van der Waals surface area (Å²) in [6.07, 6.45) is 3.53. The van der Waals surface area contributed by atoms with Gasteiger partial charge in [-0.2, -0.15) is 10.2 Å². The molecule has 0 bridgehead atoms. The number of aliphatic hydroxyl groups excluding tert-OH is 1. The zero-order chi connectivity index (χ0) is 18.1. The van der Waals surface area contributed by atoms with Crippen molar-refractivity contribution in [3.63, 3.8) is 0 Å². The van der Waals surface area contributed by atoms with Gasteiger partial charge >= 0.3 is 0 Å². The second-order valence-electron chi connectivity index (χ2n) is 5.97. The van der Waals surface area contributed by atoms with Gasteiger partial charge in [-0.15, -0.1) is 0 Å². The van der Waals surface area contributed by atoms with Crippen LogP contribution in [0.15, 0.2) is 47.8 Å². The number of hydrogen-bond donors (Lipinski definition) is 2. The van der Waals surface area contributed by atoms with Crippen LogP contribution in [0.3, 0.4) is 0 Å². The van der Waals surface area contributed by atoms with E-state index in [1.807, 2.05) is 12.3 Å². The van der Waals surface area contributed by atoms with Crippen molar-refractivity contribution in [2.24, 2.45) is 0 Å². The predicted molar refractivity (Wildman–Crippen MR) is 92.6 cm³/mol. The quantitative estimate of drug-likeness (QED) is 0.714. The smallest absolute Gasteiger partial charge is 0.233 e. The summed E-state index contributed by atoms with van der Waals surface area (Å²) in [5.74, 6) is -1.70. The Morgan fingerprint density at radius 2 is 2.19 bits per heavy atom. The molecule has 2 N–H and O–H groups in total. The number of hydrogen-bond acceptors (Lipinski definition) is 5. The Morgan fingerprint density at radius 1 is 1.35 bits per heavy atom. The average molecular weight is 373 g/mol. The third-order valence-corrected chi connectivity index (χ3v) is 5.10. The van der Waals surface area contributed by atoms with E-state index in [9.17, 15) is 14.3 Å². The Kier molecular flexibility index (Phi) is 4.48. The molecule has 1 atom stereocenters. The molecule has 3 heterocycles. The molecule has 0 spiro atoms. The lowest BCUT2D eigenvalue weighted by Crippen LogP contribution is -2.33. The number of aromatic nitrogens is 4. The number of nitrogens with zero attached hydrogens (tertiary/aromatic N) is 4. The molecule has 2 aromatic heterocycles. The Morgan fingerprint density at radius 3 is 2.88 bits per heavy atom. The van der Waals surface area contributed by atoms with E-state index < -0.39 is 18.3 Å². The van der Waals surface area contributed by atoms with Gasteiger partial charge < -0.3 is 10.0 Å². The van der Waals surface area contributed by atoms with Crippen molar-refractivity contribution >= 4 is 17.9 Å². The molecule has 3 aromatic rings. The van der Waals surface area contributed by atoms with E-state index in [1.54, 1.807) is 27.3 Å². The SMILES string of the molecule is O=C(C(CO)c1ccccc1F)N1Cc2cn(Sc3ccn[nH]3)nc2C1. The Labute approximate surface area is 153 Å². The van der Waals surface area contributed by atoms with Crippen LogP contribution in [0.4, 0.5) is 4.39 Å². The molecular formula is C17H16FN5O2S. The summed E-state index contributed by atoms with van der Waals surface area (Å²) in [4.78, 5) is 14.4. The summed E-state index contributed by atoms with van der Waals surface area (Å²) >= 11 is 1.39. The molecule has 1 unspecified atom stereocenters. The maximum atomic E-state index is 14.0. The number of nitrogens with one attached hydrogen (secondary N) is 1. The van der Waals surface area contributed by atoms with Crippen molar-refractivity contribution in [1.82, 2.24) is 24.3 Å². The molecule has 7 nitrogen and oxygen atoms in total. The van der Waals surface area contributed by atoms with Gasteiger partial charge in [0, 0.05) is 42.0 Å². The number of H-pyrrole nitrogens is 1. The van der Waals surface area contributed by atoms with E-state index in [2.05, 4.69) is 15.3 Å². The van der Waals surface area contributed by atoms with Crippen LogP contribution in [-0.2, 0) is 17.9 Å². The third kappa shape index (κ3) is 3.11. The van der Waals surface area contributed by atoms with Gasteiger partial charge in [0.15, 0.2) is 0 Å². The summed E-state index contributed by atoms with van der Waals surface area (Å²) < 4.78 is 15.7. The molecule has 26 heavy (non-hydrogen) atoms. The van der Waals surface area contributed by atoms with Gasteiger partial charge in [-0.3, -0.25) is 9.89 Å². The zero-order valence-electron chi connectivity index (χ0n) is 13.7. The number of amides is 1. The summed E-state index contributed by atoms with van der Waals surface area (Å²) in [5, 5.41) is 21.7. The van der Waals surface area contributed by atoms with E-state index in [-0.39, 0.29) is 11.5 Å². The highest BCUT2D eigenvalue weighted by Gasteiger charge is 2.32. The van der Waals surface area contributed by atoms with Gasteiger partial charge in [0.1, 0.15) is 10.8 Å². The molecule has 0 fully saturated rings. The molecule has 1 aromatic carbocycles. The molecular weight excluding hydrogens is 357 g/mol. The number of aliphatic hydroxyl groups is 1. The summed E-state index contributed by atoms with van der Waals surface area (Å²) in [6, 6.07) is 7.88. The van der Waals surface area contributed by atoms with Crippen LogP contribution < -0.4 is 0 Å². The van der Waals surface area contributed by atoms with Gasteiger partial charge in [-0.1, -0.05) is 18.2 Å².